The number of morpholine rings is 1. The minimum atomic E-state index is -6.07. The van der Waals surface area contributed by atoms with Gasteiger partial charge < -0.3 is 29.4 Å². The summed E-state index contributed by atoms with van der Waals surface area (Å²) in [6, 6.07) is 20.0. The largest absolute Gasteiger partial charge is 0.501 e. The summed E-state index contributed by atoms with van der Waals surface area (Å²) in [5.41, 5.74) is -1.27. The van der Waals surface area contributed by atoms with E-state index in [0.717, 1.165) is 73.9 Å². The van der Waals surface area contributed by atoms with E-state index in [2.05, 4.69) is 25.0 Å². The fourth-order valence-electron chi connectivity index (χ4n) is 9.76. The first-order valence-corrected chi connectivity index (χ1v) is 27.0. The highest BCUT2D eigenvalue weighted by Crippen LogP contribution is 2.40. The van der Waals surface area contributed by atoms with Crippen molar-refractivity contribution in [3.8, 4) is 11.5 Å². The van der Waals surface area contributed by atoms with E-state index in [9.17, 15) is 34.8 Å². The lowest BCUT2D eigenvalue weighted by atomic mass is 9.90. The van der Waals surface area contributed by atoms with Crippen molar-refractivity contribution in [2.75, 3.05) is 82.5 Å². The number of piperazine rings is 1. The van der Waals surface area contributed by atoms with Crippen molar-refractivity contribution in [3.63, 3.8) is 0 Å². The fraction of sp³-hybridized carbons (Fsp3) is 0.408. The molecule has 1 saturated carbocycles. The van der Waals surface area contributed by atoms with Gasteiger partial charge in [-0.1, -0.05) is 40.9 Å². The van der Waals surface area contributed by atoms with Gasteiger partial charge in [0.25, 0.3) is 25.8 Å². The summed E-state index contributed by atoms with van der Waals surface area (Å²) in [4.78, 5) is 21.9. The number of anilines is 2. The number of hydrogen-bond acceptors (Lipinski definition) is 12. The summed E-state index contributed by atoms with van der Waals surface area (Å²) < 4.78 is 116. The molecule has 1 aliphatic carbocycles. The molecule has 1 aromatic heterocycles. The molecule has 0 spiro atoms. The van der Waals surface area contributed by atoms with Crippen LogP contribution in [0, 0.1) is 0 Å². The monoisotopic (exact) mass is 1040 g/mol. The summed E-state index contributed by atoms with van der Waals surface area (Å²) >= 11 is 12.9. The number of nitrogens with one attached hydrogen (secondary N) is 3. The average molecular weight is 1050 g/mol. The maximum absolute atomic E-state index is 14.2. The minimum absolute atomic E-state index is 0.0520. The number of sulfone groups is 1. The normalized spacial score (nSPS) is 20.3. The van der Waals surface area contributed by atoms with E-state index in [1.54, 1.807) is 36.5 Å². The van der Waals surface area contributed by atoms with Gasteiger partial charge >= 0.3 is 5.51 Å². The van der Waals surface area contributed by atoms with E-state index >= 15 is 0 Å². The molecular weight excluding hydrogens is 993 g/mol. The molecule has 3 aliphatic heterocycles. The number of alkyl halides is 3. The van der Waals surface area contributed by atoms with Gasteiger partial charge in [-0.2, -0.15) is 13.2 Å². The molecule has 3 fully saturated rings. The summed E-state index contributed by atoms with van der Waals surface area (Å²) in [5.74, 6) is -1.06. The first kappa shape index (κ1) is 50.1. The zero-order valence-electron chi connectivity index (χ0n) is 38.1. The average Bonchev–Trinajstić information content (AvgIpc) is 3.67. The fourth-order valence-corrected chi connectivity index (χ4v) is 12.1. The molecule has 9 rings (SSSR count). The number of H-pyrrole nitrogens is 1. The predicted octanol–water partition coefficient (Wildman–Crippen LogP) is 9.12. The third-order valence-electron chi connectivity index (χ3n) is 13.6. The molecule has 0 atom stereocenters. The number of carbonyl (C=O) groups excluding carboxylic acids is 1. The van der Waals surface area contributed by atoms with Crippen molar-refractivity contribution in [2.24, 2.45) is 0 Å². The molecule has 0 radical (unpaired) electrons. The molecule has 70 heavy (non-hydrogen) atoms. The van der Waals surface area contributed by atoms with Crippen molar-refractivity contribution in [1.82, 2.24) is 19.5 Å². The van der Waals surface area contributed by atoms with Gasteiger partial charge in [0.1, 0.15) is 16.4 Å². The SMILES string of the molecule is O=C(NS(=O)(=O)c1ccc(N[C@H]2CC[C@H](N3CCOCC3)CC2)c(S(=O)(=O)C(F)(F)F)c1)c1ccc(N2CCN(CC3=C(c4ccc(Cl)cc4)CCOCC3)CC2)cc1Oc1cc2cc[nH]c2cc1Cl. The van der Waals surface area contributed by atoms with Crippen molar-refractivity contribution >= 4 is 76.8 Å². The molecule has 1 amide bonds. The van der Waals surface area contributed by atoms with Gasteiger partial charge in [-0.05, 0) is 110 Å². The first-order chi connectivity index (χ1) is 33.5. The van der Waals surface area contributed by atoms with E-state index in [4.69, 9.17) is 37.4 Å². The number of carbonyl (C=O) groups is 1. The number of ether oxygens (including phenoxy) is 3. The van der Waals surface area contributed by atoms with Crippen LogP contribution in [0.25, 0.3) is 16.5 Å². The molecule has 0 unspecified atom stereocenters. The van der Waals surface area contributed by atoms with E-state index in [0.29, 0.717) is 82.2 Å². The second kappa shape index (κ2) is 21.1. The number of fused-ring (bicyclic) bond motifs is 1. The van der Waals surface area contributed by atoms with Gasteiger partial charge in [0, 0.05) is 91.8 Å². The third-order valence-corrected chi connectivity index (χ3v) is 17.0. The molecule has 0 bridgehead atoms. The van der Waals surface area contributed by atoms with Crippen LogP contribution in [-0.2, 0) is 29.3 Å². The van der Waals surface area contributed by atoms with Crippen LogP contribution in [0.4, 0.5) is 24.5 Å². The number of aromatic amines is 1. The van der Waals surface area contributed by atoms with Crippen molar-refractivity contribution in [1.29, 1.82) is 0 Å². The Kier molecular flexibility index (Phi) is 15.1. The Hall–Kier alpha value is -4.86. The number of benzene rings is 4. The molecule has 3 N–H and O–H groups in total. The van der Waals surface area contributed by atoms with Gasteiger partial charge in [-0.15, -0.1) is 0 Å². The van der Waals surface area contributed by atoms with Gasteiger partial charge in [-0.3, -0.25) is 14.6 Å². The highest BCUT2D eigenvalue weighted by Gasteiger charge is 2.48. The van der Waals surface area contributed by atoms with Gasteiger partial charge in [-0.25, -0.2) is 21.6 Å². The van der Waals surface area contributed by atoms with Crippen LogP contribution in [0.15, 0.2) is 100 Å². The number of rotatable bonds is 13. The summed E-state index contributed by atoms with van der Waals surface area (Å²) in [7, 11) is -11.1. The smallest absolute Gasteiger partial charge is 0.455 e. The second-order valence-electron chi connectivity index (χ2n) is 17.9. The van der Waals surface area contributed by atoms with Crippen LogP contribution in [0.2, 0.25) is 10.0 Å². The number of amides is 1. The Bertz CT molecular complexity index is 2970. The number of halogens is 5. The third kappa shape index (κ3) is 11.3. The van der Waals surface area contributed by atoms with Gasteiger partial charge in [0.05, 0.1) is 47.6 Å². The number of aromatic nitrogens is 1. The lowest BCUT2D eigenvalue weighted by Crippen LogP contribution is -2.47. The van der Waals surface area contributed by atoms with E-state index in [1.165, 1.54) is 17.2 Å². The van der Waals surface area contributed by atoms with Crippen LogP contribution in [0.3, 0.4) is 0 Å². The molecule has 4 heterocycles. The highest BCUT2D eigenvalue weighted by molar-refractivity contribution is 7.92. The van der Waals surface area contributed by atoms with Gasteiger partial charge in [0.2, 0.25) is 0 Å². The lowest BCUT2D eigenvalue weighted by molar-refractivity contribution is -0.0436. The number of nitrogens with zero attached hydrogens (tertiary/aromatic N) is 3. The molecule has 4 aromatic carbocycles. The predicted molar refractivity (Wildman–Crippen MR) is 263 cm³/mol. The highest BCUT2D eigenvalue weighted by atomic mass is 35.5. The Balaban J connectivity index is 0.951. The zero-order chi connectivity index (χ0) is 49.2. The summed E-state index contributed by atoms with van der Waals surface area (Å²) in [6.45, 7) is 7.48. The summed E-state index contributed by atoms with van der Waals surface area (Å²) in [6.07, 6.45) is 5.89. The van der Waals surface area contributed by atoms with Crippen molar-refractivity contribution in [3.05, 3.63) is 112 Å². The Labute approximate surface area is 415 Å². The van der Waals surface area contributed by atoms with E-state index in [-0.39, 0.29) is 39.9 Å². The molecule has 5 aromatic rings. The quantitative estimate of drug-likeness (QED) is 0.103. The van der Waals surface area contributed by atoms with Crippen LogP contribution < -0.4 is 19.7 Å². The maximum Gasteiger partial charge on any atom is 0.501 e. The molecule has 21 heteroatoms. The van der Waals surface area contributed by atoms with E-state index in [1.807, 2.05) is 29.0 Å². The van der Waals surface area contributed by atoms with Crippen LogP contribution in [0.5, 0.6) is 11.5 Å². The van der Waals surface area contributed by atoms with E-state index < -0.39 is 41.1 Å². The first-order valence-electron chi connectivity index (χ1n) is 23.2. The zero-order valence-corrected chi connectivity index (χ0v) is 41.2. The second-order valence-corrected chi connectivity index (χ2v) is 22.4. The van der Waals surface area contributed by atoms with Crippen LogP contribution in [-0.4, -0.2) is 127 Å². The van der Waals surface area contributed by atoms with Crippen molar-refractivity contribution < 1.29 is 49.0 Å². The molecule has 2 saturated heterocycles. The van der Waals surface area contributed by atoms with Crippen molar-refractivity contribution in [2.45, 2.75) is 65.9 Å². The van der Waals surface area contributed by atoms with Gasteiger partial charge in [0.15, 0.2) is 0 Å². The standard InChI is InChI=1S/C49H53Cl2F3N6O8S2/c50-35-3-1-32(2-4-35)40-15-24-66-23-14-34(40)31-58-17-19-59(20-18-58)38-9-11-41(45(28-38)68-46-27-33-13-16-55-44(33)30-42(46)51)48(61)57-70(64,65)39-10-12-43(47(29-39)69(62,63)49(52,53)54)56-36-5-7-37(8-6-36)60-21-25-67-26-22-60/h1-4,9-13,16,27-30,36-37,55-56H,5-8,14-15,17-26,31H2,(H,57,61)/t36-,37-. The topological polar surface area (TPSA) is 163 Å². The number of hydrogen-bond donors (Lipinski definition) is 3. The molecule has 14 nitrogen and oxygen atoms in total. The van der Waals surface area contributed by atoms with Crippen LogP contribution >= 0.6 is 23.2 Å². The lowest BCUT2D eigenvalue weighted by Gasteiger charge is -2.39. The molecular formula is C49H53Cl2F3N6O8S2. The minimum Gasteiger partial charge on any atom is -0.455 e. The Morgan fingerprint density at radius 1 is 0.786 bits per heavy atom. The Morgan fingerprint density at radius 3 is 2.23 bits per heavy atom. The van der Waals surface area contributed by atoms with Crippen LogP contribution in [0.1, 0.15) is 54.4 Å². The summed E-state index contributed by atoms with van der Waals surface area (Å²) in [5, 5.41) is 4.57. The molecule has 374 valence electrons. The maximum atomic E-state index is 14.2. The molecule has 4 aliphatic rings. The number of sulfonamides is 1. The Morgan fingerprint density at radius 2 is 1.50 bits per heavy atom.